The maximum Gasteiger partial charge on any atom is 0.433 e. The predicted molar refractivity (Wildman–Crippen MR) is 55.6 cm³/mol. The average molecular weight is 258 g/mol. The van der Waals surface area contributed by atoms with Crippen LogP contribution in [-0.4, -0.2) is 31.7 Å². The first-order valence-electron chi connectivity index (χ1n) is 5.04. The highest BCUT2D eigenvalue weighted by atomic mass is 19.4. The number of nitrogens with zero attached hydrogens (tertiary/aromatic N) is 4. The zero-order valence-corrected chi connectivity index (χ0v) is 9.07. The summed E-state index contributed by atoms with van der Waals surface area (Å²) in [5, 5.41) is 8.97. The second-order valence-electron chi connectivity index (χ2n) is 3.37. The summed E-state index contributed by atoms with van der Waals surface area (Å²) in [5.74, 6) is 0.568. The van der Waals surface area contributed by atoms with Gasteiger partial charge in [-0.1, -0.05) is 0 Å². The fraction of sp³-hybridized carbons (Fsp3) is 0.333. The first kappa shape index (κ1) is 12.3. The summed E-state index contributed by atoms with van der Waals surface area (Å²) in [6.45, 7) is 0.358. The normalized spacial score (nSPS) is 11.5. The number of H-pyrrole nitrogens is 1. The molecule has 2 aromatic heterocycles. The molecule has 9 heteroatoms. The lowest BCUT2D eigenvalue weighted by Gasteiger charge is -2.07. The van der Waals surface area contributed by atoms with Gasteiger partial charge in [0.1, 0.15) is 17.8 Å². The maximum atomic E-state index is 12.4. The van der Waals surface area contributed by atoms with Crippen LogP contribution in [0.4, 0.5) is 19.1 Å². The van der Waals surface area contributed by atoms with Gasteiger partial charge in [-0.15, -0.1) is 0 Å². The van der Waals surface area contributed by atoms with E-state index in [4.69, 9.17) is 0 Å². The van der Waals surface area contributed by atoms with Crippen LogP contribution in [0.25, 0.3) is 0 Å². The Balaban J connectivity index is 1.93. The molecule has 96 valence electrons. The predicted octanol–water partition coefficient (Wildman–Crippen LogP) is 1.27. The molecule has 0 bridgehead atoms. The molecule has 0 atom stereocenters. The van der Waals surface area contributed by atoms with Crippen LogP contribution in [0.5, 0.6) is 0 Å². The van der Waals surface area contributed by atoms with Crippen molar-refractivity contribution in [1.29, 1.82) is 0 Å². The van der Waals surface area contributed by atoms with Crippen molar-refractivity contribution >= 4 is 5.95 Å². The first-order chi connectivity index (χ1) is 8.55. The van der Waals surface area contributed by atoms with E-state index in [0.29, 0.717) is 18.8 Å². The summed E-state index contributed by atoms with van der Waals surface area (Å²) < 4.78 is 37.1. The van der Waals surface area contributed by atoms with E-state index in [1.54, 1.807) is 0 Å². The lowest BCUT2D eigenvalue weighted by Crippen LogP contribution is -2.13. The van der Waals surface area contributed by atoms with E-state index in [9.17, 15) is 13.2 Å². The van der Waals surface area contributed by atoms with Gasteiger partial charge in [0.15, 0.2) is 0 Å². The van der Waals surface area contributed by atoms with Gasteiger partial charge in [0.25, 0.3) is 0 Å². The minimum atomic E-state index is -4.47. The first-order valence-corrected chi connectivity index (χ1v) is 5.04. The Morgan fingerprint density at radius 2 is 2.11 bits per heavy atom. The van der Waals surface area contributed by atoms with Crippen molar-refractivity contribution in [2.45, 2.75) is 12.6 Å². The molecule has 2 rings (SSSR count). The molecule has 0 saturated carbocycles. The van der Waals surface area contributed by atoms with Crippen LogP contribution in [0.3, 0.4) is 0 Å². The van der Waals surface area contributed by atoms with E-state index < -0.39 is 11.9 Å². The van der Waals surface area contributed by atoms with Gasteiger partial charge in [-0.05, 0) is 6.07 Å². The molecule has 2 aromatic rings. The molecule has 18 heavy (non-hydrogen) atoms. The van der Waals surface area contributed by atoms with Gasteiger partial charge < -0.3 is 5.32 Å². The van der Waals surface area contributed by atoms with E-state index >= 15 is 0 Å². The highest BCUT2D eigenvalue weighted by Gasteiger charge is 2.32. The Bertz CT molecular complexity index is 495. The summed E-state index contributed by atoms with van der Waals surface area (Å²) in [5.41, 5.74) is -0.973. The van der Waals surface area contributed by atoms with E-state index in [2.05, 4.69) is 30.5 Å². The van der Waals surface area contributed by atoms with Crippen molar-refractivity contribution in [1.82, 2.24) is 25.1 Å². The van der Waals surface area contributed by atoms with Crippen LogP contribution in [0.1, 0.15) is 11.5 Å². The fourth-order valence-electron chi connectivity index (χ4n) is 1.25. The number of rotatable bonds is 4. The molecular formula is C9H9F3N6. The van der Waals surface area contributed by atoms with E-state index in [-0.39, 0.29) is 5.95 Å². The Morgan fingerprint density at radius 3 is 2.78 bits per heavy atom. The molecule has 0 saturated heterocycles. The number of halogens is 3. The highest BCUT2D eigenvalue weighted by molar-refractivity contribution is 5.26. The topological polar surface area (TPSA) is 79.4 Å². The smallest absolute Gasteiger partial charge is 0.354 e. The Labute approximate surface area is 99.7 Å². The summed E-state index contributed by atoms with van der Waals surface area (Å²) >= 11 is 0. The minimum Gasteiger partial charge on any atom is -0.354 e. The van der Waals surface area contributed by atoms with Gasteiger partial charge in [-0.3, -0.25) is 5.10 Å². The second-order valence-corrected chi connectivity index (χ2v) is 3.37. The maximum absolute atomic E-state index is 12.4. The summed E-state index contributed by atoms with van der Waals surface area (Å²) in [6, 6.07) is 0.821. The monoisotopic (exact) mass is 258 g/mol. The molecular weight excluding hydrogens is 249 g/mol. The molecule has 0 aliphatic heterocycles. The van der Waals surface area contributed by atoms with Gasteiger partial charge in [0.2, 0.25) is 5.95 Å². The standard InChI is InChI=1S/C9H9F3N6/c10-9(11,12)6-1-3-13-8(17-6)14-4-2-7-15-5-16-18-7/h1,3,5H,2,4H2,(H,13,14,17)(H,15,16,18). The molecule has 0 aliphatic rings. The number of alkyl halides is 3. The molecule has 0 spiro atoms. The lowest BCUT2D eigenvalue weighted by molar-refractivity contribution is -0.141. The van der Waals surface area contributed by atoms with Gasteiger partial charge in [0.05, 0.1) is 0 Å². The summed E-state index contributed by atoms with van der Waals surface area (Å²) in [6.07, 6.45) is -1.56. The van der Waals surface area contributed by atoms with Crippen LogP contribution in [0.2, 0.25) is 0 Å². The van der Waals surface area contributed by atoms with Crippen LogP contribution in [-0.2, 0) is 12.6 Å². The van der Waals surface area contributed by atoms with Crippen molar-refractivity contribution in [3.63, 3.8) is 0 Å². The third-order valence-electron chi connectivity index (χ3n) is 2.06. The number of hydrogen-bond acceptors (Lipinski definition) is 5. The zero-order valence-electron chi connectivity index (χ0n) is 9.07. The molecule has 2 heterocycles. The Morgan fingerprint density at radius 1 is 1.28 bits per heavy atom. The third-order valence-corrected chi connectivity index (χ3v) is 2.06. The molecule has 2 N–H and O–H groups in total. The summed E-state index contributed by atoms with van der Waals surface area (Å²) in [4.78, 5) is 10.9. The average Bonchev–Trinajstić information content (AvgIpc) is 2.81. The van der Waals surface area contributed by atoms with Crippen molar-refractivity contribution in [2.75, 3.05) is 11.9 Å². The van der Waals surface area contributed by atoms with Crippen molar-refractivity contribution in [3.8, 4) is 0 Å². The number of hydrogen-bond donors (Lipinski definition) is 2. The number of anilines is 1. The SMILES string of the molecule is FC(F)(F)c1ccnc(NCCc2ncn[nH]2)n1. The lowest BCUT2D eigenvalue weighted by atomic mass is 10.4. The van der Waals surface area contributed by atoms with E-state index in [1.807, 2.05) is 0 Å². The summed E-state index contributed by atoms with van der Waals surface area (Å²) in [7, 11) is 0. The van der Waals surface area contributed by atoms with Gasteiger partial charge >= 0.3 is 6.18 Å². The van der Waals surface area contributed by atoms with E-state index in [0.717, 1.165) is 12.3 Å². The number of aromatic nitrogens is 5. The molecule has 0 amide bonds. The third kappa shape index (κ3) is 3.15. The molecule has 0 aromatic carbocycles. The van der Waals surface area contributed by atoms with Gasteiger partial charge in [-0.2, -0.15) is 18.3 Å². The fourth-order valence-corrected chi connectivity index (χ4v) is 1.25. The quantitative estimate of drug-likeness (QED) is 0.863. The second kappa shape index (κ2) is 4.98. The Hall–Kier alpha value is -2.19. The molecule has 0 unspecified atom stereocenters. The molecule has 0 radical (unpaired) electrons. The van der Waals surface area contributed by atoms with Crippen LogP contribution >= 0.6 is 0 Å². The van der Waals surface area contributed by atoms with Crippen molar-refractivity contribution < 1.29 is 13.2 Å². The molecule has 0 aliphatic carbocycles. The van der Waals surface area contributed by atoms with E-state index in [1.165, 1.54) is 6.33 Å². The van der Waals surface area contributed by atoms with Crippen LogP contribution in [0, 0.1) is 0 Å². The largest absolute Gasteiger partial charge is 0.433 e. The Kier molecular flexibility index (Phi) is 3.40. The molecule has 6 nitrogen and oxygen atoms in total. The van der Waals surface area contributed by atoms with Crippen molar-refractivity contribution in [3.05, 3.63) is 30.1 Å². The highest BCUT2D eigenvalue weighted by Crippen LogP contribution is 2.27. The van der Waals surface area contributed by atoms with Gasteiger partial charge in [-0.25, -0.2) is 15.0 Å². The number of aromatic amines is 1. The van der Waals surface area contributed by atoms with Crippen LogP contribution < -0.4 is 5.32 Å². The number of nitrogens with one attached hydrogen (secondary N) is 2. The van der Waals surface area contributed by atoms with Crippen molar-refractivity contribution in [2.24, 2.45) is 0 Å². The van der Waals surface area contributed by atoms with Crippen LogP contribution in [0.15, 0.2) is 18.6 Å². The minimum absolute atomic E-state index is 0.0654. The zero-order chi connectivity index (χ0) is 13.0. The van der Waals surface area contributed by atoms with Gasteiger partial charge in [0, 0.05) is 19.2 Å². The molecule has 0 fully saturated rings.